The van der Waals surface area contributed by atoms with Crippen molar-refractivity contribution >= 4 is 39.7 Å². The summed E-state index contributed by atoms with van der Waals surface area (Å²) in [7, 11) is 0. The zero-order valence-electron chi connectivity index (χ0n) is 10.8. The van der Waals surface area contributed by atoms with Crippen LogP contribution in [0.4, 0.5) is 13.2 Å². The topological polar surface area (TPSA) is 97.6 Å². The van der Waals surface area contributed by atoms with Crippen molar-refractivity contribution in [3.05, 3.63) is 23.8 Å². The summed E-state index contributed by atoms with van der Waals surface area (Å²) in [4.78, 5) is 17.6. The number of aromatic nitrogens is 4. The molecule has 3 aromatic rings. The van der Waals surface area contributed by atoms with E-state index in [9.17, 15) is 18.0 Å². The number of alkyl halides is 3. The molecule has 2 aromatic heterocycles. The molecule has 1 aromatic carbocycles. The van der Waals surface area contributed by atoms with Gasteiger partial charge in [0.05, 0.1) is 11.3 Å². The quantitative estimate of drug-likeness (QED) is 0.718. The lowest BCUT2D eigenvalue weighted by atomic mass is 10.1. The SMILES string of the molecule is NC(=O)CSc1nnc2c(n1)[nH]c1cccc(C(F)(F)F)c12. The molecule has 0 fully saturated rings. The van der Waals surface area contributed by atoms with Gasteiger partial charge >= 0.3 is 6.18 Å². The minimum absolute atomic E-state index is 0.0337. The van der Waals surface area contributed by atoms with Crippen LogP contribution in [-0.4, -0.2) is 31.8 Å². The van der Waals surface area contributed by atoms with Gasteiger partial charge in [-0.2, -0.15) is 13.2 Å². The molecule has 3 N–H and O–H groups in total. The first-order valence-corrected chi connectivity index (χ1v) is 6.98. The van der Waals surface area contributed by atoms with Gasteiger partial charge in [0.25, 0.3) is 0 Å². The molecule has 10 heteroatoms. The Kier molecular flexibility index (Phi) is 3.39. The molecule has 0 radical (unpaired) electrons. The number of hydrogen-bond donors (Lipinski definition) is 2. The highest BCUT2D eigenvalue weighted by Gasteiger charge is 2.34. The zero-order valence-corrected chi connectivity index (χ0v) is 11.6. The van der Waals surface area contributed by atoms with Crippen molar-refractivity contribution in [3.8, 4) is 0 Å². The Balaban J connectivity index is 2.16. The van der Waals surface area contributed by atoms with Gasteiger partial charge in [0.2, 0.25) is 11.1 Å². The lowest BCUT2D eigenvalue weighted by Gasteiger charge is -2.07. The second-order valence-electron chi connectivity index (χ2n) is 4.40. The number of aromatic amines is 1. The highest BCUT2D eigenvalue weighted by Crippen LogP contribution is 2.37. The molecular formula is C12H8F3N5OS. The number of benzene rings is 1. The largest absolute Gasteiger partial charge is 0.417 e. The van der Waals surface area contributed by atoms with Crippen LogP contribution in [0.5, 0.6) is 0 Å². The summed E-state index contributed by atoms with van der Waals surface area (Å²) in [6.45, 7) is 0. The molecule has 1 amide bonds. The van der Waals surface area contributed by atoms with Crippen molar-refractivity contribution in [1.29, 1.82) is 0 Å². The Morgan fingerprint density at radius 1 is 1.32 bits per heavy atom. The summed E-state index contributed by atoms with van der Waals surface area (Å²) >= 11 is 0.962. The fraction of sp³-hybridized carbons (Fsp3) is 0.167. The van der Waals surface area contributed by atoms with Gasteiger partial charge in [-0.3, -0.25) is 4.79 Å². The van der Waals surface area contributed by atoms with Crippen molar-refractivity contribution < 1.29 is 18.0 Å². The molecule has 114 valence electrons. The lowest BCUT2D eigenvalue weighted by Crippen LogP contribution is -2.13. The van der Waals surface area contributed by atoms with Gasteiger partial charge in [0.1, 0.15) is 5.52 Å². The number of fused-ring (bicyclic) bond motifs is 3. The predicted octanol–water partition coefficient (Wildman–Crippen LogP) is 2.10. The average Bonchev–Trinajstić information content (AvgIpc) is 2.81. The minimum atomic E-state index is -4.50. The van der Waals surface area contributed by atoms with E-state index in [2.05, 4.69) is 20.2 Å². The summed E-state index contributed by atoms with van der Waals surface area (Å²) in [5.41, 5.74) is 4.69. The van der Waals surface area contributed by atoms with Gasteiger partial charge in [-0.25, -0.2) is 4.98 Å². The number of thioether (sulfide) groups is 1. The number of amides is 1. The summed E-state index contributed by atoms with van der Waals surface area (Å²) in [5, 5.41) is 7.62. The summed E-state index contributed by atoms with van der Waals surface area (Å²) < 4.78 is 39.2. The minimum Gasteiger partial charge on any atom is -0.369 e. The van der Waals surface area contributed by atoms with E-state index in [1.165, 1.54) is 12.1 Å². The normalized spacial score (nSPS) is 12.1. The molecule has 0 aliphatic carbocycles. The fourth-order valence-corrected chi connectivity index (χ4v) is 2.56. The van der Waals surface area contributed by atoms with E-state index in [0.29, 0.717) is 0 Å². The summed E-state index contributed by atoms with van der Waals surface area (Å²) in [5.74, 6) is -0.592. The van der Waals surface area contributed by atoms with E-state index in [1.807, 2.05) is 0 Å². The van der Waals surface area contributed by atoms with E-state index in [0.717, 1.165) is 17.8 Å². The number of nitrogens with two attached hydrogens (primary N) is 1. The predicted molar refractivity (Wildman–Crippen MR) is 74.1 cm³/mol. The first-order valence-electron chi connectivity index (χ1n) is 5.99. The molecule has 6 nitrogen and oxygen atoms in total. The molecule has 0 aliphatic heterocycles. The van der Waals surface area contributed by atoms with Gasteiger partial charge in [-0.15, -0.1) is 10.2 Å². The van der Waals surface area contributed by atoms with Crippen LogP contribution >= 0.6 is 11.8 Å². The van der Waals surface area contributed by atoms with E-state index < -0.39 is 17.6 Å². The van der Waals surface area contributed by atoms with Crippen LogP contribution < -0.4 is 5.73 Å². The lowest BCUT2D eigenvalue weighted by molar-refractivity contribution is -0.136. The van der Waals surface area contributed by atoms with E-state index in [4.69, 9.17) is 5.73 Å². The molecule has 22 heavy (non-hydrogen) atoms. The summed E-state index contributed by atoms with van der Waals surface area (Å²) in [6.07, 6.45) is -4.50. The first-order chi connectivity index (χ1) is 10.4. The Bertz CT molecular complexity index is 876. The molecule has 0 bridgehead atoms. The third-order valence-corrected chi connectivity index (χ3v) is 3.73. The highest BCUT2D eigenvalue weighted by molar-refractivity contribution is 7.99. The Morgan fingerprint density at radius 2 is 2.09 bits per heavy atom. The third-order valence-electron chi connectivity index (χ3n) is 2.87. The smallest absolute Gasteiger partial charge is 0.369 e. The molecule has 0 spiro atoms. The van der Waals surface area contributed by atoms with Crippen LogP contribution in [-0.2, 0) is 11.0 Å². The molecule has 3 rings (SSSR count). The summed E-state index contributed by atoms with van der Waals surface area (Å²) in [6, 6.07) is 3.79. The second-order valence-corrected chi connectivity index (χ2v) is 5.34. The van der Waals surface area contributed by atoms with Crippen molar-refractivity contribution in [2.24, 2.45) is 5.73 Å². The first kappa shape index (κ1) is 14.6. The van der Waals surface area contributed by atoms with Crippen LogP contribution in [0.2, 0.25) is 0 Å². The maximum absolute atomic E-state index is 13.1. The number of rotatable bonds is 3. The Labute approximate surface area is 125 Å². The molecule has 0 saturated heterocycles. The van der Waals surface area contributed by atoms with Crippen LogP contribution in [0.3, 0.4) is 0 Å². The zero-order chi connectivity index (χ0) is 15.9. The number of H-pyrrole nitrogens is 1. The molecule has 0 saturated carbocycles. The van der Waals surface area contributed by atoms with Crippen LogP contribution in [0.25, 0.3) is 22.1 Å². The second kappa shape index (κ2) is 5.13. The van der Waals surface area contributed by atoms with Crippen molar-refractivity contribution in [1.82, 2.24) is 20.2 Å². The van der Waals surface area contributed by atoms with Gasteiger partial charge in [0, 0.05) is 10.9 Å². The maximum atomic E-state index is 13.1. The average molecular weight is 327 g/mol. The van der Waals surface area contributed by atoms with Crippen molar-refractivity contribution in [2.75, 3.05) is 5.75 Å². The monoisotopic (exact) mass is 327 g/mol. The van der Waals surface area contributed by atoms with Crippen molar-refractivity contribution in [3.63, 3.8) is 0 Å². The molecular weight excluding hydrogens is 319 g/mol. The van der Waals surface area contributed by atoms with Crippen LogP contribution in [0, 0.1) is 0 Å². The van der Waals surface area contributed by atoms with Gasteiger partial charge < -0.3 is 10.7 Å². The van der Waals surface area contributed by atoms with E-state index in [-0.39, 0.29) is 33.0 Å². The number of nitrogens with one attached hydrogen (secondary N) is 1. The third kappa shape index (κ3) is 2.56. The van der Waals surface area contributed by atoms with Gasteiger partial charge in [0.15, 0.2) is 5.65 Å². The Hall–Kier alpha value is -2.36. The van der Waals surface area contributed by atoms with Gasteiger partial charge in [-0.05, 0) is 12.1 Å². The molecule has 0 atom stereocenters. The van der Waals surface area contributed by atoms with Crippen LogP contribution in [0.15, 0.2) is 23.4 Å². The highest BCUT2D eigenvalue weighted by atomic mass is 32.2. The Morgan fingerprint density at radius 3 is 2.77 bits per heavy atom. The molecule has 0 aliphatic rings. The van der Waals surface area contributed by atoms with Crippen molar-refractivity contribution in [2.45, 2.75) is 11.3 Å². The number of carbonyl (C=O) groups is 1. The number of nitrogens with zero attached hydrogens (tertiary/aromatic N) is 3. The number of hydrogen-bond acceptors (Lipinski definition) is 5. The van der Waals surface area contributed by atoms with E-state index >= 15 is 0 Å². The number of halogens is 3. The fourth-order valence-electron chi connectivity index (χ4n) is 2.04. The number of primary amides is 1. The van der Waals surface area contributed by atoms with Gasteiger partial charge in [-0.1, -0.05) is 17.8 Å². The standard InChI is InChI=1S/C12H8F3N5OS/c13-12(14,15)5-2-1-3-6-8(5)9-10(17-6)18-11(20-19-9)22-4-7(16)21/h1-3H,4H2,(H2,16,21)(H,17,18,20). The van der Waals surface area contributed by atoms with Crippen LogP contribution in [0.1, 0.15) is 5.56 Å². The maximum Gasteiger partial charge on any atom is 0.417 e. The number of carbonyl (C=O) groups excluding carboxylic acids is 1. The van der Waals surface area contributed by atoms with E-state index in [1.54, 1.807) is 0 Å². The molecule has 0 unspecified atom stereocenters. The molecule has 2 heterocycles.